The summed E-state index contributed by atoms with van der Waals surface area (Å²) in [4.78, 5) is 2.49. The third kappa shape index (κ3) is 3.75. The van der Waals surface area contributed by atoms with Crippen LogP contribution in [0.2, 0.25) is 0 Å². The fraction of sp³-hybridized carbons (Fsp3) is 0.611. The molecule has 1 aromatic carbocycles. The number of fused-ring (bicyclic) bond motifs is 1. The maximum atomic E-state index is 5.50. The van der Waals surface area contributed by atoms with E-state index in [9.17, 15) is 0 Å². The normalized spacial score (nSPS) is 20.2. The average molecular weight is 350 g/mol. The highest BCUT2D eigenvalue weighted by molar-refractivity contribution is 7.80. The fourth-order valence-corrected chi connectivity index (χ4v) is 3.60. The third-order valence-electron chi connectivity index (χ3n) is 4.89. The van der Waals surface area contributed by atoms with E-state index in [4.69, 9.17) is 21.7 Å². The molecular weight excluding hydrogens is 322 g/mol. The molecule has 1 aromatic rings. The van der Waals surface area contributed by atoms with E-state index in [1.54, 1.807) is 14.2 Å². The van der Waals surface area contributed by atoms with Crippen molar-refractivity contribution in [2.45, 2.75) is 38.3 Å². The second-order valence-electron chi connectivity index (χ2n) is 6.43. The summed E-state index contributed by atoms with van der Waals surface area (Å²) in [6.45, 7) is 5.07. The molecule has 24 heavy (non-hydrogen) atoms. The van der Waals surface area contributed by atoms with Gasteiger partial charge in [-0.25, -0.2) is 0 Å². The van der Waals surface area contributed by atoms with Gasteiger partial charge in [0.25, 0.3) is 0 Å². The van der Waals surface area contributed by atoms with Gasteiger partial charge in [-0.05, 0) is 61.3 Å². The number of hydrogen-bond donors (Lipinski definition) is 2. The summed E-state index contributed by atoms with van der Waals surface area (Å²) in [6, 6.07) is 5.11. The van der Waals surface area contributed by atoms with E-state index in [0.29, 0.717) is 6.04 Å². The van der Waals surface area contributed by atoms with Gasteiger partial charge in [0, 0.05) is 19.1 Å². The molecule has 132 valence electrons. The van der Waals surface area contributed by atoms with E-state index in [0.717, 1.165) is 42.7 Å². The lowest BCUT2D eigenvalue weighted by Crippen LogP contribution is -2.45. The molecule has 0 amide bonds. The van der Waals surface area contributed by atoms with Gasteiger partial charge in [-0.1, -0.05) is 6.92 Å². The summed E-state index contributed by atoms with van der Waals surface area (Å²) in [7, 11) is 3.37. The van der Waals surface area contributed by atoms with Crippen LogP contribution in [0.15, 0.2) is 12.1 Å². The highest BCUT2D eigenvalue weighted by Gasteiger charge is 2.29. The molecule has 2 aliphatic rings. The summed E-state index contributed by atoms with van der Waals surface area (Å²) < 4.78 is 11.0. The van der Waals surface area contributed by atoms with Crippen LogP contribution in [0.1, 0.15) is 36.9 Å². The Balaban J connectivity index is 1.79. The van der Waals surface area contributed by atoms with Crippen LogP contribution >= 0.6 is 12.2 Å². The molecule has 0 aromatic heterocycles. The van der Waals surface area contributed by atoms with Gasteiger partial charge in [0.1, 0.15) is 0 Å². The predicted molar refractivity (Wildman–Crippen MR) is 100.0 cm³/mol. The zero-order valence-corrected chi connectivity index (χ0v) is 15.5. The molecule has 0 saturated heterocycles. The van der Waals surface area contributed by atoms with Crippen molar-refractivity contribution >= 4 is 17.3 Å². The second kappa shape index (κ2) is 7.57. The summed E-state index contributed by atoms with van der Waals surface area (Å²) in [5, 5.41) is 7.51. The Morgan fingerprint density at radius 3 is 2.58 bits per heavy atom. The summed E-state index contributed by atoms with van der Waals surface area (Å²) >= 11 is 5.42. The molecule has 0 spiro atoms. The Hall–Kier alpha value is -1.53. The first-order valence-corrected chi connectivity index (χ1v) is 9.10. The molecule has 2 N–H and O–H groups in total. The average Bonchev–Trinajstić information content (AvgIpc) is 3.41. The predicted octanol–water partition coefficient (Wildman–Crippen LogP) is 2.25. The van der Waals surface area contributed by atoms with E-state index in [2.05, 4.69) is 34.6 Å². The van der Waals surface area contributed by atoms with Crippen molar-refractivity contribution in [1.82, 2.24) is 15.5 Å². The van der Waals surface area contributed by atoms with Crippen molar-refractivity contribution < 1.29 is 9.47 Å². The maximum Gasteiger partial charge on any atom is 0.166 e. The monoisotopic (exact) mass is 349 g/mol. The van der Waals surface area contributed by atoms with Crippen LogP contribution in [0.4, 0.5) is 0 Å². The van der Waals surface area contributed by atoms with Crippen molar-refractivity contribution in [3.8, 4) is 11.5 Å². The smallest absolute Gasteiger partial charge is 0.166 e. The highest BCUT2D eigenvalue weighted by atomic mass is 32.1. The van der Waals surface area contributed by atoms with Crippen LogP contribution in [0.3, 0.4) is 0 Å². The van der Waals surface area contributed by atoms with Crippen molar-refractivity contribution in [3.05, 3.63) is 23.3 Å². The van der Waals surface area contributed by atoms with Crippen molar-refractivity contribution in [2.75, 3.05) is 33.9 Å². The van der Waals surface area contributed by atoms with Crippen LogP contribution < -0.4 is 20.1 Å². The molecule has 6 heteroatoms. The van der Waals surface area contributed by atoms with Gasteiger partial charge in [0.2, 0.25) is 0 Å². The minimum Gasteiger partial charge on any atom is -0.493 e. The number of rotatable bonds is 6. The fourth-order valence-electron chi connectivity index (χ4n) is 3.35. The number of benzene rings is 1. The minimum atomic E-state index is 0.289. The van der Waals surface area contributed by atoms with E-state index < -0.39 is 0 Å². The third-order valence-corrected chi connectivity index (χ3v) is 5.15. The van der Waals surface area contributed by atoms with Crippen LogP contribution in [-0.2, 0) is 6.42 Å². The molecule has 3 rings (SSSR count). The molecule has 5 nitrogen and oxygen atoms in total. The lowest BCUT2D eigenvalue weighted by molar-refractivity contribution is 0.195. The van der Waals surface area contributed by atoms with Crippen LogP contribution in [-0.4, -0.2) is 49.9 Å². The first-order valence-electron chi connectivity index (χ1n) is 8.69. The molecule has 1 saturated carbocycles. The van der Waals surface area contributed by atoms with Gasteiger partial charge >= 0.3 is 0 Å². The van der Waals surface area contributed by atoms with Crippen molar-refractivity contribution in [1.29, 1.82) is 0 Å². The molecule has 0 radical (unpaired) electrons. The molecule has 0 bridgehead atoms. The lowest BCUT2D eigenvalue weighted by Gasteiger charge is -2.37. The Bertz CT molecular complexity index is 604. The Morgan fingerprint density at radius 1 is 1.25 bits per heavy atom. The topological polar surface area (TPSA) is 45.8 Å². The number of ether oxygens (including phenoxy) is 2. The number of likely N-dealkylation sites (N-methyl/N-ethyl adjacent to an activating group) is 1. The Labute approximate surface area is 149 Å². The number of nitrogens with zero attached hydrogens (tertiary/aromatic N) is 1. The van der Waals surface area contributed by atoms with Crippen molar-refractivity contribution in [2.24, 2.45) is 0 Å². The number of hydrogen-bond acceptors (Lipinski definition) is 4. The quantitative estimate of drug-likeness (QED) is 0.768. The number of thiocarbonyl (C=S) groups is 1. The molecule has 1 aliphatic heterocycles. The standard InChI is InChI=1S/C18H27N3O2S/c1-4-21-8-7-12-9-16(22-2)17(23-3)10-14(12)15(21)11-19-18(24)20-13-5-6-13/h9-10,13,15H,4-8,11H2,1-3H3,(H2,19,20,24)/t15-/m0/s1. The molecule has 1 fully saturated rings. The molecule has 1 atom stereocenters. The van der Waals surface area contributed by atoms with Gasteiger partial charge in [0.15, 0.2) is 16.6 Å². The molecule has 0 unspecified atom stereocenters. The maximum absolute atomic E-state index is 5.50. The van der Waals surface area contributed by atoms with E-state index in [1.165, 1.54) is 24.0 Å². The second-order valence-corrected chi connectivity index (χ2v) is 6.84. The highest BCUT2D eigenvalue weighted by Crippen LogP contribution is 2.37. The lowest BCUT2D eigenvalue weighted by atomic mass is 9.91. The van der Waals surface area contributed by atoms with E-state index in [-0.39, 0.29) is 6.04 Å². The zero-order chi connectivity index (χ0) is 17.1. The number of methoxy groups -OCH3 is 2. The zero-order valence-electron chi connectivity index (χ0n) is 14.7. The SMILES string of the molecule is CCN1CCc2cc(OC)c(OC)cc2[C@@H]1CNC(=S)NC1CC1. The van der Waals surface area contributed by atoms with Crippen molar-refractivity contribution in [3.63, 3.8) is 0 Å². The van der Waals surface area contributed by atoms with Gasteiger partial charge in [0.05, 0.1) is 20.3 Å². The first-order chi connectivity index (χ1) is 11.7. The van der Waals surface area contributed by atoms with Gasteiger partial charge in [-0.3, -0.25) is 4.90 Å². The minimum absolute atomic E-state index is 0.289. The Morgan fingerprint density at radius 2 is 1.96 bits per heavy atom. The van der Waals surface area contributed by atoms with Crippen LogP contribution in [0, 0.1) is 0 Å². The van der Waals surface area contributed by atoms with Gasteiger partial charge < -0.3 is 20.1 Å². The molecule has 1 heterocycles. The van der Waals surface area contributed by atoms with Gasteiger partial charge in [-0.2, -0.15) is 0 Å². The van der Waals surface area contributed by atoms with Gasteiger partial charge in [-0.15, -0.1) is 0 Å². The molecular formula is C18H27N3O2S. The first kappa shape index (κ1) is 17.3. The van der Waals surface area contributed by atoms with E-state index >= 15 is 0 Å². The molecule has 1 aliphatic carbocycles. The summed E-state index contributed by atoms with van der Waals surface area (Å²) in [5.74, 6) is 1.59. The summed E-state index contributed by atoms with van der Waals surface area (Å²) in [6.07, 6.45) is 3.49. The van der Waals surface area contributed by atoms with Crippen LogP contribution in [0.5, 0.6) is 11.5 Å². The number of nitrogens with one attached hydrogen (secondary N) is 2. The largest absolute Gasteiger partial charge is 0.493 e. The van der Waals surface area contributed by atoms with Crippen LogP contribution in [0.25, 0.3) is 0 Å². The van der Waals surface area contributed by atoms with E-state index in [1.807, 2.05) is 0 Å². The summed E-state index contributed by atoms with van der Waals surface area (Å²) in [5.41, 5.74) is 2.65. The Kier molecular flexibility index (Phi) is 5.46.